The molecule has 0 radical (unpaired) electrons. The van der Waals surface area contributed by atoms with Crippen molar-refractivity contribution in [3.8, 4) is 5.75 Å². The molecule has 3 N–H and O–H groups in total. The minimum absolute atomic E-state index is 0.194. The number of hydrogen-bond acceptors (Lipinski definition) is 3. The highest BCUT2D eigenvalue weighted by Crippen LogP contribution is 2.31. The van der Waals surface area contributed by atoms with Crippen molar-refractivity contribution in [1.82, 2.24) is 0 Å². The summed E-state index contributed by atoms with van der Waals surface area (Å²) in [6.07, 6.45) is -5.94. The minimum atomic E-state index is -4.96. The Labute approximate surface area is 114 Å². The van der Waals surface area contributed by atoms with Gasteiger partial charge in [-0.3, -0.25) is 0 Å². The number of benzene rings is 1. The van der Waals surface area contributed by atoms with E-state index >= 15 is 0 Å². The zero-order valence-electron chi connectivity index (χ0n) is 11.3. The van der Waals surface area contributed by atoms with E-state index in [0.29, 0.717) is 0 Å². The molecule has 0 aromatic heterocycles. The molecule has 2 atom stereocenters. The van der Waals surface area contributed by atoms with Crippen LogP contribution >= 0.6 is 0 Å². The Morgan fingerprint density at radius 2 is 1.75 bits per heavy atom. The van der Waals surface area contributed by atoms with Crippen molar-refractivity contribution in [3.63, 3.8) is 0 Å². The van der Waals surface area contributed by atoms with E-state index in [1.807, 2.05) is 0 Å². The largest absolute Gasteiger partial charge is 0.573 e. The fourth-order valence-electron chi connectivity index (χ4n) is 1.65. The van der Waals surface area contributed by atoms with Gasteiger partial charge in [0, 0.05) is 0 Å². The van der Waals surface area contributed by atoms with Crippen LogP contribution in [0.15, 0.2) is 18.2 Å². The van der Waals surface area contributed by atoms with Crippen LogP contribution in [0.3, 0.4) is 0 Å². The third-order valence-electron chi connectivity index (χ3n) is 2.79. The van der Waals surface area contributed by atoms with Gasteiger partial charge in [-0.2, -0.15) is 0 Å². The maximum Gasteiger partial charge on any atom is 0.573 e. The first-order valence-electron chi connectivity index (χ1n) is 5.90. The van der Waals surface area contributed by atoms with Gasteiger partial charge < -0.3 is 15.6 Å². The van der Waals surface area contributed by atoms with Gasteiger partial charge in [0.25, 0.3) is 0 Å². The van der Waals surface area contributed by atoms with Crippen molar-refractivity contribution in [3.05, 3.63) is 29.6 Å². The Bertz CT molecular complexity index is 468. The van der Waals surface area contributed by atoms with Crippen LogP contribution in [0.2, 0.25) is 0 Å². The SMILES string of the molecule is CC(C)(C)[C@H](O)[C@H](N)c1ccc(OC(F)(F)F)c(F)c1. The van der Waals surface area contributed by atoms with Crippen molar-refractivity contribution < 1.29 is 27.4 Å². The van der Waals surface area contributed by atoms with Gasteiger partial charge in [0.1, 0.15) is 0 Å². The van der Waals surface area contributed by atoms with E-state index in [1.54, 1.807) is 20.8 Å². The standard InChI is InChI=1S/C13H17F4NO2/c1-12(2,3)11(19)10(18)7-4-5-9(8(14)6-7)20-13(15,16)17/h4-6,10-11,19H,18H2,1-3H3/t10-,11-/m1/s1. The van der Waals surface area contributed by atoms with Gasteiger partial charge in [0.05, 0.1) is 12.1 Å². The Morgan fingerprint density at radius 1 is 1.20 bits per heavy atom. The molecule has 1 aromatic rings. The number of ether oxygens (including phenoxy) is 1. The molecule has 0 aliphatic rings. The number of halogens is 4. The van der Waals surface area contributed by atoms with Crippen LogP contribution in [0.5, 0.6) is 5.75 Å². The number of aliphatic hydroxyl groups is 1. The van der Waals surface area contributed by atoms with Crippen LogP contribution in [0.4, 0.5) is 17.6 Å². The lowest BCUT2D eigenvalue weighted by Gasteiger charge is -2.31. The average molecular weight is 295 g/mol. The first-order chi connectivity index (χ1) is 8.92. The van der Waals surface area contributed by atoms with Gasteiger partial charge in [-0.05, 0) is 23.1 Å². The smallest absolute Gasteiger partial charge is 0.403 e. The fourth-order valence-corrected chi connectivity index (χ4v) is 1.65. The van der Waals surface area contributed by atoms with Crippen molar-refractivity contribution in [2.45, 2.75) is 39.3 Å². The normalized spacial score (nSPS) is 15.8. The van der Waals surface area contributed by atoms with Gasteiger partial charge in [0.2, 0.25) is 0 Å². The molecular formula is C13H17F4NO2. The molecule has 0 aliphatic heterocycles. The van der Waals surface area contributed by atoms with E-state index in [-0.39, 0.29) is 5.56 Å². The lowest BCUT2D eigenvalue weighted by Crippen LogP contribution is -2.37. The summed E-state index contributed by atoms with van der Waals surface area (Å²) in [5.41, 5.74) is 5.44. The first kappa shape index (κ1) is 16.7. The number of aliphatic hydroxyl groups excluding tert-OH is 1. The van der Waals surface area contributed by atoms with Crippen molar-refractivity contribution in [1.29, 1.82) is 0 Å². The molecule has 0 heterocycles. The Kier molecular flexibility index (Phi) is 4.66. The highest BCUT2D eigenvalue weighted by atomic mass is 19.4. The average Bonchev–Trinajstić information content (AvgIpc) is 2.27. The molecule has 1 rings (SSSR count). The van der Waals surface area contributed by atoms with Crippen LogP contribution < -0.4 is 10.5 Å². The van der Waals surface area contributed by atoms with Gasteiger partial charge in [0.15, 0.2) is 11.6 Å². The highest BCUT2D eigenvalue weighted by molar-refractivity contribution is 5.31. The molecule has 1 aromatic carbocycles. The van der Waals surface area contributed by atoms with Crippen LogP contribution in [0.25, 0.3) is 0 Å². The Morgan fingerprint density at radius 3 is 2.15 bits per heavy atom. The molecule has 3 nitrogen and oxygen atoms in total. The van der Waals surface area contributed by atoms with Crippen LogP contribution in [-0.4, -0.2) is 17.6 Å². The third kappa shape index (κ3) is 4.35. The summed E-state index contributed by atoms with van der Waals surface area (Å²) in [5, 5.41) is 10.00. The highest BCUT2D eigenvalue weighted by Gasteiger charge is 2.33. The first-order valence-corrected chi connectivity index (χ1v) is 5.90. The second-order valence-electron chi connectivity index (χ2n) is 5.57. The Balaban J connectivity index is 2.98. The molecule has 0 spiro atoms. The molecule has 0 fully saturated rings. The van der Waals surface area contributed by atoms with E-state index < -0.39 is 35.5 Å². The van der Waals surface area contributed by atoms with Crippen LogP contribution in [0, 0.1) is 11.2 Å². The topological polar surface area (TPSA) is 55.5 Å². The third-order valence-corrected chi connectivity index (χ3v) is 2.79. The van der Waals surface area contributed by atoms with Crippen molar-refractivity contribution in [2.75, 3.05) is 0 Å². The molecule has 7 heteroatoms. The fraction of sp³-hybridized carbons (Fsp3) is 0.538. The lowest BCUT2D eigenvalue weighted by molar-refractivity contribution is -0.275. The van der Waals surface area contributed by atoms with E-state index in [4.69, 9.17) is 5.73 Å². The molecule has 0 amide bonds. The summed E-state index contributed by atoms with van der Waals surface area (Å²) >= 11 is 0. The second-order valence-corrected chi connectivity index (χ2v) is 5.57. The molecule has 20 heavy (non-hydrogen) atoms. The van der Waals surface area contributed by atoms with Gasteiger partial charge >= 0.3 is 6.36 Å². The van der Waals surface area contributed by atoms with Crippen LogP contribution in [0.1, 0.15) is 32.4 Å². The quantitative estimate of drug-likeness (QED) is 0.842. The predicted octanol–water partition coefficient (Wildman–Crippen LogP) is 3.13. The Hall–Kier alpha value is -1.34. The lowest BCUT2D eigenvalue weighted by atomic mass is 9.82. The minimum Gasteiger partial charge on any atom is -0.403 e. The summed E-state index contributed by atoms with van der Waals surface area (Å²) in [6, 6.07) is 1.96. The summed E-state index contributed by atoms with van der Waals surface area (Å²) in [4.78, 5) is 0. The van der Waals surface area contributed by atoms with E-state index in [9.17, 15) is 22.7 Å². The van der Waals surface area contributed by atoms with Crippen molar-refractivity contribution in [2.24, 2.45) is 11.1 Å². The number of alkyl halides is 3. The zero-order valence-corrected chi connectivity index (χ0v) is 11.3. The molecule has 0 unspecified atom stereocenters. The molecular weight excluding hydrogens is 278 g/mol. The molecule has 0 aliphatic carbocycles. The summed E-state index contributed by atoms with van der Waals surface area (Å²) in [6.45, 7) is 5.24. The van der Waals surface area contributed by atoms with Gasteiger partial charge in [-0.25, -0.2) is 4.39 Å². The second kappa shape index (κ2) is 5.57. The van der Waals surface area contributed by atoms with Gasteiger partial charge in [-0.15, -0.1) is 13.2 Å². The number of hydrogen-bond donors (Lipinski definition) is 2. The zero-order chi connectivity index (χ0) is 15.7. The van der Waals surface area contributed by atoms with Crippen LogP contribution in [-0.2, 0) is 0 Å². The van der Waals surface area contributed by atoms with Crippen molar-refractivity contribution >= 4 is 0 Å². The van der Waals surface area contributed by atoms with Gasteiger partial charge in [-0.1, -0.05) is 26.8 Å². The van der Waals surface area contributed by atoms with E-state index in [1.165, 1.54) is 6.07 Å². The van der Waals surface area contributed by atoms with E-state index in [0.717, 1.165) is 12.1 Å². The summed E-state index contributed by atoms with van der Waals surface area (Å²) in [5.74, 6) is -2.12. The number of rotatable bonds is 3. The molecule has 0 saturated heterocycles. The maximum absolute atomic E-state index is 13.5. The molecule has 114 valence electrons. The maximum atomic E-state index is 13.5. The van der Waals surface area contributed by atoms with E-state index in [2.05, 4.69) is 4.74 Å². The molecule has 0 saturated carbocycles. The molecule has 0 bridgehead atoms. The summed E-state index contributed by atoms with van der Waals surface area (Å²) in [7, 11) is 0. The monoisotopic (exact) mass is 295 g/mol. The summed E-state index contributed by atoms with van der Waals surface area (Å²) < 4.78 is 53.1. The predicted molar refractivity (Wildman–Crippen MR) is 65.5 cm³/mol. The number of nitrogens with two attached hydrogens (primary N) is 1.